The van der Waals surface area contributed by atoms with Crippen molar-refractivity contribution in [3.8, 4) is 5.75 Å². The van der Waals surface area contributed by atoms with E-state index in [4.69, 9.17) is 4.74 Å². The van der Waals surface area contributed by atoms with Gasteiger partial charge in [-0.1, -0.05) is 32.3 Å². The Hall–Kier alpha value is -2.17. The first kappa shape index (κ1) is 18.2. The average Bonchev–Trinajstić information content (AvgIpc) is 3.33. The number of rotatable bonds is 7. The summed E-state index contributed by atoms with van der Waals surface area (Å²) in [6.07, 6.45) is 7.62. The summed E-state index contributed by atoms with van der Waals surface area (Å²) in [6, 6.07) is 6.82. The number of esters is 1. The van der Waals surface area contributed by atoms with E-state index in [9.17, 15) is 14.4 Å². The van der Waals surface area contributed by atoms with Crippen molar-refractivity contribution in [1.29, 1.82) is 0 Å². The third-order valence-corrected chi connectivity index (χ3v) is 6.47. The van der Waals surface area contributed by atoms with Crippen molar-refractivity contribution < 1.29 is 19.1 Å². The van der Waals surface area contributed by atoms with Gasteiger partial charge in [0, 0.05) is 12.5 Å². The van der Waals surface area contributed by atoms with Gasteiger partial charge in [0.2, 0.25) is 11.8 Å². The molecule has 27 heavy (non-hydrogen) atoms. The predicted octanol–water partition coefficient (Wildman–Crippen LogP) is 4.10. The number of unbranched alkanes of at least 4 members (excludes halogenated alkanes) is 3. The molecule has 2 amide bonds. The molecule has 2 saturated carbocycles. The molecule has 1 aromatic carbocycles. The Balaban J connectivity index is 1.44. The lowest BCUT2D eigenvalue weighted by Crippen LogP contribution is -2.32. The molecule has 0 spiro atoms. The molecule has 3 aliphatic rings. The molecule has 2 aliphatic carbocycles. The number of ether oxygens (including phenoxy) is 1. The zero-order chi connectivity index (χ0) is 19.0. The zero-order valence-electron chi connectivity index (χ0n) is 15.9. The van der Waals surface area contributed by atoms with Crippen LogP contribution in [-0.2, 0) is 14.4 Å². The maximum Gasteiger partial charge on any atom is 0.311 e. The van der Waals surface area contributed by atoms with Crippen LogP contribution in [0.2, 0.25) is 0 Å². The first-order valence-corrected chi connectivity index (χ1v) is 10.3. The van der Waals surface area contributed by atoms with Gasteiger partial charge in [0.25, 0.3) is 0 Å². The molecule has 1 saturated heterocycles. The Morgan fingerprint density at radius 3 is 2.44 bits per heavy atom. The van der Waals surface area contributed by atoms with Crippen LogP contribution in [0.15, 0.2) is 24.3 Å². The highest BCUT2D eigenvalue weighted by molar-refractivity contribution is 6.22. The number of anilines is 1. The highest BCUT2D eigenvalue weighted by Gasteiger charge is 2.61. The maximum absolute atomic E-state index is 12.9. The van der Waals surface area contributed by atoms with Crippen LogP contribution >= 0.6 is 0 Å². The highest BCUT2D eigenvalue weighted by atomic mass is 16.5. The number of hydrogen-bond donors (Lipinski definition) is 0. The lowest BCUT2D eigenvalue weighted by Gasteiger charge is -2.19. The van der Waals surface area contributed by atoms with Crippen molar-refractivity contribution in [2.24, 2.45) is 23.7 Å². The second-order valence-corrected chi connectivity index (χ2v) is 8.18. The summed E-state index contributed by atoms with van der Waals surface area (Å²) in [4.78, 5) is 39.2. The standard InChI is InChI=1S/C22H27NO4/c1-2-3-4-5-9-18(24)27-17-8-6-7-16(13-17)23-21(25)19-14-10-11-15(12-14)20(19)22(23)26/h6-8,13-15,19-20H,2-5,9-12H2,1H3/t14-,15+,19-,20+. The van der Waals surface area contributed by atoms with Crippen molar-refractivity contribution in [2.75, 3.05) is 4.90 Å². The van der Waals surface area contributed by atoms with E-state index in [1.165, 1.54) is 4.90 Å². The Labute approximate surface area is 160 Å². The number of benzene rings is 1. The quantitative estimate of drug-likeness (QED) is 0.314. The molecule has 4 rings (SSSR count). The number of carbonyl (C=O) groups excluding carboxylic acids is 3. The summed E-state index contributed by atoms with van der Waals surface area (Å²) in [6.45, 7) is 2.13. The SMILES string of the molecule is CCCCCCC(=O)Oc1cccc(N2C(=O)[C@@H]3[C@@H]4CC[C@@H](C4)[C@@H]3C2=O)c1. The summed E-state index contributed by atoms with van der Waals surface area (Å²) >= 11 is 0. The first-order chi connectivity index (χ1) is 13.1. The lowest BCUT2D eigenvalue weighted by molar-refractivity contribution is -0.134. The summed E-state index contributed by atoms with van der Waals surface area (Å²) < 4.78 is 5.43. The van der Waals surface area contributed by atoms with E-state index in [1.807, 2.05) is 0 Å². The fraction of sp³-hybridized carbons (Fsp3) is 0.591. The van der Waals surface area contributed by atoms with Crippen LogP contribution in [0.5, 0.6) is 5.75 Å². The van der Waals surface area contributed by atoms with Crippen LogP contribution in [0.25, 0.3) is 0 Å². The largest absolute Gasteiger partial charge is 0.426 e. The van der Waals surface area contributed by atoms with Gasteiger partial charge in [-0.25, -0.2) is 4.90 Å². The van der Waals surface area contributed by atoms with Gasteiger partial charge >= 0.3 is 5.97 Å². The van der Waals surface area contributed by atoms with Crippen LogP contribution in [0.4, 0.5) is 5.69 Å². The smallest absolute Gasteiger partial charge is 0.311 e. The predicted molar refractivity (Wildman–Crippen MR) is 101 cm³/mol. The Kier molecular flexibility index (Phi) is 5.02. The van der Waals surface area contributed by atoms with E-state index in [2.05, 4.69) is 6.92 Å². The van der Waals surface area contributed by atoms with Crippen LogP contribution in [0, 0.1) is 23.7 Å². The van der Waals surface area contributed by atoms with Crippen molar-refractivity contribution in [2.45, 2.75) is 58.3 Å². The average molecular weight is 369 g/mol. The summed E-state index contributed by atoms with van der Waals surface area (Å²) in [5.41, 5.74) is 0.523. The fourth-order valence-corrected chi connectivity index (χ4v) is 5.23. The van der Waals surface area contributed by atoms with Gasteiger partial charge in [-0.15, -0.1) is 0 Å². The molecule has 0 N–H and O–H groups in total. The minimum absolute atomic E-state index is 0.0692. The van der Waals surface area contributed by atoms with Crippen molar-refractivity contribution >= 4 is 23.5 Å². The Bertz CT molecular complexity index is 730. The minimum atomic E-state index is -0.266. The van der Waals surface area contributed by atoms with Gasteiger partial charge in [0.05, 0.1) is 17.5 Å². The molecular weight excluding hydrogens is 342 g/mol. The molecule has 0 radical (unpaired) electrons. The van der Waals surface area contributed by atoms with Gasteiger partial charge < -0.3 is 4.74 Å². The van der Waals surface area contributed by atoms with E-state index in [-0.39, 0.29) is 29.6 Å². The molecule has 1 aliphatic heterocycles. The van der Waals surface area contributed by atoms with Gasteiger partial charge in [-0.3, -0.25) is 14.4 Å². The van der Waals surface area contributed by atoms with E-state index >= 15 is 0 Å². The lowest BCUT2D eigenvalue weighted by atomic mass is 9.81. The Morgan fingerprint density at radius 2 is 1.78 bits per heavy atom. The highest BCUT2D eigenvalue weighted by Crippen LogP contribution is 2.56. The van der Waals surface area contributed by atoms with E-state index in [0.717, 1.165) is 44.9 Å². The third-order valence-electron chi connectivity index (χ3n) is 6.47. The molecule has 0 unspecified atom stereocenters. The van der Waals surface area contributed by atoms with Crippen LogP contribution in [-0.4, -0.2) is 17.8 Å². The molecule has 2 bridgehead atoms. The van der Waals surface area contributed by atoms with Crippen LogP contribution in [0.1, 0.15) is 58.3 Å². The number of fused-ring (bicyclic) bond motifs is 5. The van der Waals surface area contributed by atoms with Crippen molar-refractivity contribution in [1.82, 2.24) is 0 Å². The molecule has 0 aromatic heterocycles. The topological polar surface area (TPSA) is 63.7 Å². The Morgan fingerprint density at radius 1 is 1.07 bits per heavy atom. The summed E-state index contributed by atoms with van der Waals surface area (Å²) in [5, 5.41) is 0. The van der Waals surface area contributed by atoms with E-state index < -0.39 is 0 Å². The summed E-state index contributed by atoms with van der Waals surface area (Å²) in [5.74, 6) is 0.449. The minimum Gasteiger partial charge on any atom is -0.426 e. The van der Waals surface area contributed by atoms with Gasteiger partial charge in [-0.2, -0.15) is 0 Å². The molecule has 5 heteroatoms. The molecule has 1 aromatic rings. The first-order valence-electron chi connectivity index (χ1n) is 10.3. The van der Waals surface area contributed by atoms with E-state index in [0.29, 0.717) is 29.7 Å². The number of nitrogens with zero attached hydrogens (tertiary/aromatic N) is 1. The van der Waals surface area contributed by atoms with Gasteiger partial charge in [0.1, 0.15) is 5.75 Å². The molecule has 144 valence electrons. The number of carbonyl (C=O) groups is 3. The van der Waals surface area contributed by atoms with Crippen LogP contribution < -0.4 is 9.64 Å². The van der Waals surface area contributed by atoms with Crippen molar-refractivity contribution in [3.05, 3.63) is 24.3 Å². The monoisotopic (exact) mass is 369 g/mol. The van der Waals surface area contributed by atoms with Crippen molar-refractivity contribution in [3.63, 3.8) is 0 Å². The fourth-order valence-electron chi connectivity index (χ4n) is 5.23. The zero-order valence-corrected chi connectivity index (χ0v) is 15.9. The molecule has 3 fully saturated rings. The number of imide groups is 1. The molecule has 5 nitrogen and oxygen atoms in total. The van der Waals surface area contributed by atoms with Gasteiger partial charge in [-0.05, 0) is 49.7 Å². The van der Waals surface area contributed by atoms with Crippen LogP contribution in [0.3, 0.4) is 0 Å². The maximum atomic E-state index is 12.9. The number of hydrogen-bond acceptors (Lipinski definition) is 4. The molecular formula is C22H27NO4. The van der Waals surface area contributed by atoms with E-state index in [1.54, 1.807) is 24.3 Å². The number of amides is 2. The third kappa shape index (κ3) is 3.28. The normalized spacial score (nSPS) is 28.7. The molecule has 1 heterocycles. The summed E-state index contributed by atoms with van der Waals surface area (Å²) in [7, 11) is 0. The second kappa shape index (κ2) is 7.45. The molecule has 4 atom stereocenters. The second-order valence-electron chi connectivity index (χ2n) is 8.18. The van der Waals surface area contributed by atoms with Gasteiger partial charge in [0.15, 0.2) is 0 Å².